The third-order valence-corrected chi connectivity index (χ3v) is 10.2. The van der Waals surface area contributed by atoms with Crippen molar-refractivity contribution >= 4 is 15.9 Å². The number of carbonyl (C=O) groups is 1. The highest BCUT2D eigenvalue weighted by molar-refractivity contribution is 7.89. The van der Waals surface area contributed by atoms with Crippen molar-refractivity contribution in [2.45, 2.75) is 62.9 Å². The Labute approximate surface area is 223 Å². The van der Waals surface area contributed by atoms with Gasteiger partial charge in [0.2, 0.25) is 15.9 Å². The second kappa shape index (κ2) is 13.4. The number of rotatable bonds is 13. The number of sulfonamides is 1. The summed E-state index contributed by atoms with van der Waals surface area (Å²) in [6, 6.07) is 4.26. The number of carbonyl (C=O) groups excluding carboxylic acids is 1. The molecule has 0 spiro atoms. The molecular weight excluding hydrogens is 494 g/mol. The van der Waals surface area contributed by atoms with Gasteiger partial charge in [0.15, 0.2) is 0 Å². The minimum atomic E-state index is -3.69. The molecule has 2 fully saturated rings. The van der Waals surface area contributed by atoms with Gasteiger partial charge in [-0.3, -0.25) is 9.69 Å². The number of amides is 1. The monoisotopic (exact) mass is 539 g/mol. The fourth-order valence-corrected chi connectivity index (χ4v) is 6.79. The zero-order valence-corrected chi connectivity index (χ0v) is 24.2. The predicted octanol–water partition coefficient (Wildman–Crippen LogP) is 2.69. The van der Waals surface area contributed by atoms with Gasteiger partial charge in [-0.1, -0.05) is 0 Å². The molecular formula is C27H45N3O6S. The Morgan fingerprint density at radius 2 is 1.62 bits per heavy atom. The molecule has 210 valence electrons. The Morgan fingerprint density at radius 3 is 2.16 bits per heavy atom. The Kier molecular flexibility index (Phi) is 10.8. The van der Waals surface area contributed by atoms with E-state index in [4.69, 9.17) is 14.2 Å². The van der Waals surface area contributed by atoms with E-state index in [1.807, 2.05) is 11.9 Å². The van der Waals surface area contributed by atoms with E-state index in [-0.39, 0.29) is 36.6 Å². The fraction of sp³-hybridized carbons (Fsp3) is 0.741. The molecule has 9 nitrogen and oxygen atoms in total. The highest BCUT2D eigenvalue weighted by atomic mass is 32.2. The maximum Gasteiger partial charge on any atom is 0.248 e. The molecule has 1 saturated heterocycles. The van der Waals surface area contributed by atoms with Gasteiger partial charge in [0, 0.05) is 26.7 Å². The van der Waals surface area contributed by atoms with Crippen molar-refractivity contribution in [3.8, 4) is 5.75 Å². The van der Waals surface area contributed by atoms with Crippen LogP contribution in [0.5, 0.6) is 5.75 Å². The quantitative estimate of drug-likeness (QED) is 0.356. The van der Waals surface area contributed by atoms with E-state index in [1.54, 1.807) is 33.1 Å². The third kappa shape index (κ3) is 7.66. The molecule has 1 aromatic carbocycles. The Bertz CT molecular complexity index is 982. The lowest BCUT2D eigenvalue weighted by atomic mass is 9.83. The van der Waals surface area contributed by atoms with E-state index in [2.05, 4.69) is 11.9 Å². The SMILES string of the molecule is COc1cc(C)c(S(=O)(=O)N(C)CCOCC(=O)N(C)C2CCC(CCN(C)C3COC3)CC2)c(C)c1. The molecule has 1 amide bonds. The summed E-state index contributed by atoms with van der Waals surface area (Å²) in [6.45, 7) is 6.61. The van der Waals surface area contributed by atoms with E-state index < -0.39 is 10.0 Å². The minimum absolute atomic E-state index is 0.0425. The number of benzene rings is 1. The normalized spacial score (nSPS) is 20.8. The lowest BCUT2D eigenvalue weighted by Crippen LogP contribution is -2.47. The van der Waals surface area contributed by atoms with Crippen LogP contribution in [0.4, 0.5) is 0 Å². The number of aryl methyl sites for hydroxylation is 2. The van der Waals surface area contributed by atoms with Gasteiger partial charge in [-0.25, -0.2) is 8.42 Å². The molecule has 0 atom stereocenters. The Balaban J connectivity index is 1.37. The topological polar surface area (TPSA) is 88.6 Å². The van der Waals surface area contributed by atoms with Crippen LogP contribution in [0, 0.1) is 19.8 Å². The average molecular weight is 540 g/mol. The summed E-state index contributed by atoms with van der Waals surface area (Å²) in [6.07, 6.45) is 5.53. The van der Waals surface area contributed by atoms with E-state index in [0.717, 1.165) is 51.4 Å². The highest BCUT2D eigenvalue weighted by Gasteiger charge is 2.29. The number of ether oxygens (including phenoxy) is 3. The molecule has 37 heavy (non-hydrogen) atoms. The van der Waals surface area contributed by atoms with Gasteiger partial charge in [0.1, 0.15) is 12.4 Å². The molecule has 3 rings (SSSR count). The van der Waals surface area contributed by atoms with Gasteiger partial charge in [-0.15, -0.1) is 0 Å². The molecule has 0 aromatic heterocycles. The van der Waals surface area contributed by atoms with Crippen LogP contribution < -0.4 is 4.74 Å². The lowest BCUT2D eigenvalue weighted by Gasteiger charge is -2.37. The number of methoxy groups -OCH3 is 1. The van der Waals surface area contributed by atoms with Crippen molar-refractivity contribution in [2.24, 2.45) is 5.92 Å². The van der Waals surface area contributed by atoms with Gasteiger partial charge >= 0.3 is 0 Å². The summed E-state index contributed by atoms with van der Waals surface area (Å²) in [4.78, 5) is 17.2. The second-order valence-electron chi connectivity index (χ2n) is 10.6. The first kappa shape index (κ1) is 29.8. The molecule has 10 heteroatoms. The molecule has 0 bridgehead atoms. The summed E-state index contributed by atoms with van der Waals surface area (Å²) < 4.78 is 43.6. The van der Waals surface area contributed by atoms with Crippen LogP contribution in [-0.2, 0) is 24.3 Å². The van der Waals surface area contributed by atoms with Crippen LogP contribution in [-0.4, -0.2) is 108 Å². The first-order chi connectivity index (χ1) is 17.5. The predicted molar refractivity (Wildman–Crippen MR) is 143 cm³/mol. The van der Waals surface area contributed by atoms with Gasteiger partial charge in [0.25, 0.3) is 0 Å². The van der Waals surface area contributed by atoms with Crippen LogP contribution in [0.2, 0.25) is 0 Å². The van der Waals surface area contributed by atoms with Crippen molar-refractivity contribution in [1.82, 2.24) is 14.1 Å². The van der Waals surface area contributed by atoms with Crippen molar-refractivity contribution < 1.29 is 27.4 Å². The molecule has 1 heterocycles. The summed E-state index contributed by atoms with van der Waals surface area (Å²) in [5.41, 5.74) is 1.27. The molecule has 1 aromatic rings. The minimum Gasteiger partial charge on any atom is -0.497 e. The highest BCUT2D eigenvalue weighted by Crippen LogP contribution is 2.30. The van der Waals surface area contributed by atoms with Crippen LogP contribution in [0.25, 0.3) is 0 Å². The average Bonchev–Trinajstić information content (AvgIpc) is 2.83. The largest absolute Gasteiger partial charge is 0.497 e. The first-order valence-electron chi connectivity index (χ1n) is 13.3. The van der Waals surface area contributed by atoms with Crippen LogP contribution in [0.15, 0.2) is 17.0 Å². The second-order valence-corrected chi connectivity index (χ2v) is 12.6. The summed E-state index contributed by atoms with van der Waals surface area (Å²) in [5.74, 6) is 1.29. The maximum atomic E-state index is 13.1. The Morgan fingerprint density at radius 1 is 1.00 bits per heavy atom. The van der Waals surface area contributed by atoms with Gasteiger partial charge in [-0.05, 0) is 88.7 Å². The fourth-order valence-electron chi connectivity index (χ4n) is 5.24. The number of nitrogens with zero attached hydrogens (tertiary/aromatic N) is 3. The zero-order chi connectivity index (χ0) is 27.2. The molecule has 1 aliphatic heterocycles. The van der Waals surface area contributed by atoms with Gasteiger partial charge < -0.3 is 19.1 Å². The van der Waals surface area contributed by atoms with Crippen molar-refractivity contribution in [3.63, 3.8) is 0 Å². The van der Waals surface area contributed by atoms with Gasteiger partial charge in [0.05, 0.1) is 37.9 Å². The van der Waals surface area contributed by atoms with E-state index in [9.17, 15) is 13.2 Å². The number of hydrogen-bond acceptors (Lipinski definition) is 7. The first-order valence-corrected chi connectivity index (χ1v) is 14.7. The van der Waals surface area contributed by atoms with Crippen LogP contribution >= 0.6 is 0 Å². The Hall–Kier alpha value is -1.72. The lowest BCUT2D eigenvalue weighted by molar-refractivity contribution is -0.137. The van der Waals surface area contributed by atoms with Crippen molar-refractivity contribution in [1.29, 1.82) is 0 Å². The summed E-state index contributed by atoms with van der Waals surface area (Å²) in [5, 5.41) is 0. The smallest absolute Gasteiger partial charge is 0.248 e. The van der Waals surface area contributed by atoms with Crippen LogP contribution in [0.3, 0.4) is 0 Å². The molecule has 1 saturated carbocycles. The van der Waals surface area contributed by atoms with Crippen LogP contribution in [0.1, 0.15) is 43.2 Å². The summed E-state index contributed by atoms with van der Waals surface area (Å²) >= 11 is 0. The van der Waals surface area contributed by atoms with Crippen molar-refractivity contribution in [2.75, 3.05) is 67.8 Å². The molecule has 0 radical (unpaired) electrons. The summed E-state index contributed by atoms with van der Waals surface area (Å²) in [7, 11) is 3.44. The molecule has 2 aliphatic rings. The van der Waals surface area contributed by atoms with E-state index in [1.165, 1.54) is 17.8 Å². The van der Waals surface area contributed by atoms with Crippen molar-refractivity contribution in [3.05, 3.63) is 23.3 Å². The molecule has 0 N–H and O–H groups in total. The molecule has 1 aliphatic carbocycles. The van der Waals surface area contributed by atoms with E-state index in [0.29, 0.717) is 22.9 Å². The third-order valence-electron chi connectivity index (χ3n) is 8.01. The number of hydrogen-bond donors (Lipinski definition) is 0. The molecule has 0 unspecified atom stereocenters. The zero-order valence-electron chi connectivity index (χ0n) is 23.4. The number of likely N-dealkylation sites (N-methyl/N-ethyl adjacent to an activating group) is 3. The standard InChI is InChI=1S/C27H45N3O6S/c1-20-15-25(34-6)16-21(2)27(20)37(32,33)29(4)13-14-35-19-26(31)30(5)23-9-7-22(8-10-23)11-12-28(3)24-17-36-18-24/h15-16,22-24H,7-14,17-19H2,1-6H3. The van der Waals surface area contributed by atoms with Gasteiger partial charge in [-0.2, -0.15) is 4.31 Å². The maximum absolute atomic E-state index is 13.1. The van der Waals surface area contributed by atoms with E-state index >= 15 is 0 Å².